The van der Waals surface area contributed by atoms with Gasteiger partial charge >= 0.3 is 6.18 Å². The fourth-order valence-electron chi connectivity index (χ4n) is 5.11. The van der Waals surface area contributed by atoms with Gasteiger partial charge in [0.2, 0.25) is 0 Å². The Morgan fingerprint density at radius 3 is 2.73 bits per heavy atom. The topological polar surface area (TPSA) is 76.3 Å². The van der Waals surface area contributed by atoms with E-state index in [4.69, 9.17) is 0 Å². The first-order valence-electron chi connectivity index (χ1n) is 13.2. The Morgan fingerprint density at radius 1 is 1.15 bits per heavy atom. The Morgan fingerprint density at radius 2 is 1.98 bits per heavy atom. The van der Waals surface area contributed by atoms with E-state index in [1.165, 1.54) is 12.1 Å². The van der Waals surface area contributed by atoms with Crippen molar-refractivity contribution in [1.29, 1.82) is 0 Å². The van der Waals surface area contributed by atoms with Gasteiger partial charge in [0.1, 0.15) is 5.65 Å². The summed E-state index contributed by atoms with van der Waals surface area (Å²) in [6.45, 7) is 4.11. The van der Waals surface area contributed by atoms with E-state index >= 15 is 0 Å². The number of likely N-dealkylation sites (tertiary alicyclic amines) is 1. The number of pyridine rings is 1. The second-order valence-corrected chi connectivity index (χ2v) is 10.6. The van der Waals surface area contributed by atoms with E-state index in [1.54, 1.807) is 18.3 Å². The van der Waals surface area contributed by atoms with Gasteiger partial charge in [0.25, 0.3) is 5.91 Å². The number of benzene rings is 2. The summed E-state index contributed by atoms with van der Waals surface area (Å²) < 4.78 is 42.0. The number of hydrogen-bond acceptors (Lipinski definition) is 5. The van der Waals surface area contributed by atoms with E-state index < -0.39 is 17.6 Å². The number of fused-ring (bicyclic) bond motifs is 1. The molecule has 3 N–H and O–H groups in total. The molecule has 40 heavy (non-hydrogen) atoms. The Bertz CT molecular complexity index is 1510. The third-order valence-electron chi connectivity index (χ3n) is 7.48. The zero-order valence-corrected chi connectivity index (χ0v) is 22.8. The number of anilines is 2. The van der Waals surface area contributed by atoms with Crippen molar-refractivity contribution in [3.8, 4) is 0 Å². The molecule has 1 atom stereocenters. The summed E-state index contributed by atoms with van der Waals surface area (Å²) in [5.41, 5.74) is 3.44. The van der Waals surface area contributed by atoms with Gasteiger partial charge in [-0.2, -0.15) is 13.2 Å². The number of carbonyl (C=O) groups excluding carboxylic acids is 1. The first-order valence-corrected chi connectivity index (χ1v) is 13.2. The SMILES string of the molecule is Cc1ccc(NC(=O)c2ccc(CN3CC[C@H](N(C)C)C3)c(C(F)(F)F)c2)cc1NCc1cnc2[nH]ccc2c1. The smallest absolute Gasteiger partial charge is 0.381 e. The number of H-pyrrole nitrogens is 1. The highest BCUT2D eigenvalue weighted by Crippen LogP contribution is 2.34. The molecule has 7 nitrogen and oxygen atoms in total. The van der Waals surface area contributed by atoms with Crippen molar-refractivity contribution in [2.45, 2.75) is 38.7 Å². The van der Waals surface area contributed by atoms with Gasteiger partial charge in [-0.1, -0.05) is 12.1 Å². The first kappa shape index (κ1) is 27.7. The van der Waals surface area contributed by atoms with Crippen LogP contribution in [0.4, 0.5) is 24.5 Å². The molecule has 1 aliphatic heterocycles. The number of nitrogens with one attached hydrogen (secondary N) is 3. The van der Waals surface area contributed by atoms with Crippen LogP contribution in [-0.4, -0.2) is 58.9 Å². The summed E-state index contributed by atoms with van der Waals surface area (Å²) in [5, 5.41) is 7.13. The highest BCUT2D eigenvalue weighted by molar-refractivity contribution is 6.04. The van der Waals surface area contributed by atoms with E-state index in [2.05, 4.69) is 25.5 Å². The Balaban J connectivity index is 1.28. The molecular formula is C30H33F3N6O. The average molecular weight is 551 g/mol. The Labute approximate surface area is 231 Å². The number of amides is 1. The molecule has 210 valence electrons. The van der Waals surface area contributed by atoms with Gasteiger partial charge in [-0.05, 0) is 80.5 Å². The summed E-state index contributed by atoms with van der Waals surface area (Å²) in [7, 11) is 3.97. The molecule has 2 aromatic carbocycles. The molecule has 1 amide bonds. The second-order valence-electron chi connectivity index (χ2n) is 10.6. The van der Waals surface area contributed by atoms with E-state index in [1.807, 2.05) is 50.3 Å². The lowest BCUT2D eigenvalue weighted by Crippen LogP contribution is -2.31. The lowest BCUT2D eigenvalue weighted by Gasteiger charge is -2.22. The number of aromatic amines is 1. The van der Waals surface area contributed by atoms with Crippen molar-refractivity contribution < 1.29 is 18.0 Å². The van der Waals surface area contributed by atoms with Crippen LogP contribution in [0.2, 0.25) is 0 Å². The number of hydrogen-bond donors (Lipinski definition) is 3. The van der Waals surface area contributed by atoms with Gasteiger partial charge in [0.15, 0.2) is 0 Å². The van der Waals surface area contributed by atoms with Crippen molar-refractivity contribution in [2.75, 3.05) is 37.8 Å². The van der Waals surface area contributed by atoms with Crippen LogP contribution in [0.25, 0.3) is 11.0 Å². The monoisotopic (exact) mass is 550 g/mol. The summed E-state index contributed by atoms with van der Waals surface area (Å²) in [5.74, 6) is -0.595. The van der Waals surface area contributed by atoms with Gasteiger partial charge < -0.3 is 20.5 Å². The fourth-order valence-corrected chi connectivity index (χ4v) is 5.11. The van der Waals surface area contributed by atoms with Crippen LogP contribution >= 0.6 is 0 Å². The molecule has 0 radical (unpaired) electrons. The van der Waals surface area contributed by atoms with Crippen molar-refractivity contribution >= 4 is 28.3 Å². The van der Waals surface area contributed by atoms with Crippen LogP contribution in [0.3, 0.4) is 0 Å². The standard InChI is InChI=1S/C30H33F3N6O/c1-19-4-7-24(14-27(19)35-15-20-12-21-8-10-34-28(21)36-16-20)37-29(40)22-5-6-23(26(13-22)30(31,32)33)17-39-11-9-25(18-39)38(2)3/h4-8,10,12-14,16,25,35H,9,11,15,17-18H2,1-3H3,(H,34,36)(H,37,40)/t25-/m0/s1. The van der Waals surface area contributed by atoms with Crippen LogP contribution < -0.4 is 10.6 Å². The van der Waals surface area contributed by atoms with E-state index in [9.17, 15) is 18.0 Å². The summed E-state index contributed by atoms with van der Waals surface area (Å²) >= 11 is 0. The molecule has 0 aliphatic carbocycles. The zero-order chi connectivity index (χ0) is 28.4. The molecule has 3 heterocycles. The van der Waals surface area contributed by atoms with E-state index in [0.29, 0.717) is 24.8 Å². The van der Waals surface area contributed by atoms with Crippen LogP contribution in [0.1, 0.15) is 39.0 Å². The first-order chi connectivity index (χ1) is 19.1. The molecule has 0 saturated carbocycles. The van der Waals surface area contributed by atoms with Crippen molar-refractivity contribution in [3.63, 3.8) is 0 Å². The van der Waals surface area contributed by atoms with E-state index in [-0.39, 0.29) is 17.7 Å². The molecule has 2 aromatic heterocycles. The molecule has 4 aromatic rings. The summed E-state index contributed by atoms with van der Waals surface area (Å²) in [4.78, 5) is 24.6. The fraction of sp³-hybridized carbons (Fsp3) is 0.333. The number of halogens is 3. The minimum atomic E-state index is -4.56. The molecule has 1 aliphatic rings. The maximum Gasteiger partial charge on any atom is 0.416 e. The van der Waals surface area contributed by atoms with Crippen molar-refractivity contribution in [3.05, 3.63) is 88.7 Å². The molecule has 0 spiro atoms. The van der Waals surface area contributed by atoms with Crippen LogP contribution in [0, 0.1) is 6.92 Å². The molecule has 10 heteroatoms. The molecule has 5 rings (SSSR count). The molecule has 0 unspecified atom stereocenters. The third kappa shape index (κ3) is 6.29. The highest BCUT2D eigenvalue weighted by atomic mass is 19.4. The minimum Gasteiger partial charge on any atom is -0.381 e. The van der Waals surface area contributed by atoms with Gasteiger partial charge in [-0.25, -0.2) is 4.98 Å². The normalized spacial score (nSPS) is 16.1. The van der Waals surface area contributed by atoms with E-state index in [0.717, 1.165) is 46.9 Å². The van der Waals surface area contributed by atoms with Gasteiger partial charge in [-0.3, -0.25) is 9.69 Å². The number of aromatic nitrogens is 2. The lowest BCUT2D eigenvalue weighted by atomic mass is 10.0. The quantitative estimate of drug-likeness (QED) is 0.255. The lowest BCUT2D eigenvalue weighted by molar-refractivity contribution is -0.138. The number of alkyl halides is 3. The largest absolute Gasteiger partial charge is 0.416 e. The number of carbonyl (C=O) groups is 1. The molecular weight excluding hydrogens is 517 g/mol. The second kappa shape index (κ2) is 11.3. The highest BCUT2D eigenvalue weighted by Gasteiger charge is 2.35. The zero-order valence-electron chi connectivity index (χ0n) is 22.8. The van der Waals surface area contributed by atoms with Crippen molar-refractivity contribution in [2.24, 2.45) is 0 Å². The average Bonchev–Trinajstić information content (AvgIpc) is 3.58. The predicted molar refractivity (Wildman–Crippen MR) is 151 cm³/mol. The summed E-state index contributed by atoms with van der Waals surface area (Å²) in [6, 6.07) is 13.6. The van der Waals surface area contributed by atoms with Crippen LogP contribution in [0.15, 0.2) is 60.9 Å². The maximum absolute atomic E-state index is 14.0. The predicted octanol–water partition coefficient (Wildman–Crippen LogP) is 5.89. The molecule has 0 bridgehead atoms. The van der Waals surface area contributed by atoms with Crippen LogP contribution in [-0.2, 0) is 19.3 Å². The minimum absolute atomic E-state index is 0.0374. The number of nitrogens with zero attached hydrogens (tertiary/aromatic N) is 3. The maximum atomic E-state index is 14.0. The van der Waals surface area contributed by atoms with Crippen molar-refractivity contribution in [1.82, 2.24) is 19.8 Å². The Hall–Kier alpha value is -3.89. The third-order valence-corrected chi connectivity index (χ3v) is 7.48. The summed E-state index contributed by atoms with van der Waals surface area (Å²) in [6.07, 6.45) is -0.0177. The number of aryl methyl sites for hydroxylation is 1. The molecule has 1 saturated heterocycles. The molecule has 1 fully saturated rings. The van der Waals surface area contributed by atoms with Gasteiger partial charge in [0, 0.05) is 66.9 Å². The number of rotatable bonds is 8. The van der Waals surface area contributed by atoms with Gasteiger partial charge in [0.05, 0.1) is 5.56 Å². The Kier molecular flexibility index (Phi) is 7.82. The number of likely N-dealkylation sites (N-methyl/N-ethyl adjacent to an activating group) is 1. The van der Waals surface area contributed by atoms with Crippen LogP contribution in [0.5, 0.6) is 0 Å². The van der Waals surface area contributed by atoms with Gasteiger partial charge in [-0.15, -0.1) is 0 Å².